The first-order valence-corrected chi connectivity index (χ1v) is 7.23. The highest BCUT2D eigenvalue weighted by Crippen LogP contribution is 2.18. The van der Waals surface area contributed by atoms with Crippen LogP contribution < -0.4 is 0 Å². The molecular weight excluding hydrogens is 316 g/mol. The molecule has 0 bridgehead atoms. The third-order valence-corrected chi connectivity index (χ3v) is 2.78. The number of hydrogen-bond acceptors (Lipinski definition) is 2. The molecule has 20 heavy (non-hydrogen) atoms. The van der Waals surface area contributed by atoms with Gasteiger partial charge in [-0.2, -0.15) is 0 Å². The lowest BCUT2D eigenvalue weighted by atomic mass is 10.1. The number of halogens is 1. The van der Waals surface area contributed by atoms with E-state index in [4.69, 9.17) is 4.74 Å². The Bertz CT molecular complexity index is 482. The summed E-state index contributed by atoms with van der Waals surface area (Å²) in [7, 11) is 0. The molecule has 0 amide bonds. The van der Waals surface area contributed by atoms with Gasteiger partial charge in [-0.1, -0.05) is 40.7 Å². The van der Waals surface area contributed by atoms with E-state index in [2.05, 4.69) is 54.6 Å². The van der Waals surface area contributed by atoms with Gasteiger partial charge in [0.05, 0.1) is 0 Å². The maximum atomic E-state index is 10.5. The standard InChI is InChI=1S/C10H11Br.C7H12O2/c1-3-8(2)9-5-4-6-10(11)7-9;1-5-6(8)9-7(2,3)4/h3-7H,1-2H3;5H,1H2,2-4H3/b8-3+;. The average molecular weight is 339 g/mol. The molecule has 1 aromatic carbocycles. The normalized spacial score (nSPS) is 11.2. The highest BCUT2D eigenvalue weighted by atomic mass is 79.9. The van der Waals surface area contributed by atoms with Gasteiger partial charge in [0, 0.05) is 10.5 Å². The zero-order valence-corrected chi connectivity index (χ0v) is 14.5. The summed E-state index contributed by atoms with van der Waals surface area (Å²) < 4.78 is 5.97. The second kappa shape index (κ2) is 8.75. The van der Waals surface area contributed by atoms with Crippen molar-refractivity contribution in [3.05, 3.63) is 53.0 Å². The van der Waals surface area contributed by atoms with Gasteiger partial charge in [-0.15, -0.1) is 0 Å². The fourth-order valence-corrected chi connectivity index (χ4v) is 1.64. The lowest BCUT2D eigenvalue weighted by Crippen LogP contribution is -2.22. The maximum Gasteiger partial charge on any atom is 0.330 e. The van der Waals surface area contributed by atoms with Crippen LogP contribution in [0.3, 0.4) is 0 Å². The van der Waals surface area contributed by atoms with Crippen LogP contribution in [0.2, 0.25) is 0 Å². The molecular formula is C17H23BrO2. The van der Waals surface area contributed by atoms with Crippen LogP contribution in [0.4, 0.5) is 0 Å². The van der Waals surface area contributed by atoms with E-state index in [1.807, 2.05) is 32.9 Å². The van der Waals surface area contributed by atoms with Crippen molar-refractivity contribution in [2.75, 3.05) is 0 Å². The highest BCUT2D eigenvalue weighted by Gasteiger charge is 2.12. The minimum atomic E-state index is -0.398. The molecule has 0 N–H and O–H groups in total. The fraction of sp³-hybridized carbons (Fsp3) is 0.353. The Balaban J connectivity index is 0.000000370. The number of carbonyl (C=O) groups excluding carboxylic acids is 1. The highest BCUT2D eigenvalue weighted by molar-refractivity contribution is 9.10. The molecule has 0 unspecified atom stereocenters. The minimum absolute atomic E-state index is 0.373. The summed E-state index contributed by atoms with van der Waals surface area (Å²) in [5.74, 6) is -0.373. The van der Waals surface area contributed by atoms with Gasteiger partial charge < -0.3 is 4.74 Å². The number of allylic oxidation sites excluding steroid dienone is 2. The van der Waals surface area contributed by atoms with Crippen LogP contribution in [0.25, 0.3) is 5.57 Å². The number of hydrogen-bond donors (Lipinski definition) is 0. The molecule has 0 fully saturated rings. The second-order valence-electron chi connectivity index (χ2n) is 5.22. The smallest absolute Gasteiger partial charge is 0.330 e. The third-order valence-electron chi connectivity index (χ3n) is 2.29. The molecule has 0 aromatic heterocycles. The van der Waals surface area contributed by atoms with E-state index in [9.17, 15) is 4.79 Å². The SMILES string of the molecule is C/C=C(\C)c1cccc(Br)c1.C=CC(=O)OC(C)(C)C. The second-order valence-corrected chi connectivity index (χ2v) is 6.14. The Kier molecular flexibility index (Phi) is 8.16. The van der Waals surface area contributed by atoms with Crippen molar-refractivity contribution in [1.82, 2.24) is 0 Å². The largest absolute Gasteiger partial charge is 0.457 e. The van der Waals surface area contributed by atoms with Gasteiger partial charge in [0.2, 0.25) is 0 Å². The van der Waals surface area contributed by atoms with Gasteiger partial charge in [-0.3, -0.25) is 0 Å². The van der Waals surface area contributed by atoms with Crippen LogP contribution >= 0.6 is 15.9 Å². The molecule has 0 saturated heterocycles. The van der Waals surface area contributed by atoms with Gasteiger partial charge in [0.15, 0.2) is 0 Å². The zero-order valence-electron chi connectivity index (χ0n) is 12.9. The van der Waals surface area contributed by atoms with E-state index in [-0.39, 0.29) is 5.97 Å². The van der Waals surface area contributed by atoms with Gasteiger partial charge in [0.1, 0.15) is 5.60 Å². The number of rotatable bonds is 2. The lowest BCUT2D eigenvalue weighted by Gasteiger charge is -2.17. The first kappa shape index (κ1) is 18.7. The zero-order chi connectivity index (χ0) is 15.8. The topological polar surface area (TPSA) is 26.3 Å². The van der Waals surface area contributed by atoms with Gasteiger partial charge in [-0.05, 0) is 57.9 Å². The molecule has 0 atom stereocenters. The molecule has 0 aliphatic heterocycles. The molecule has 0 spiro atoms. The van der Waals surface area contributed by atoms with E-state index in [0.29, 0.717) is 0 Å². The molecule has 0 heterocycles. The van der Waals surface area contributed by atoms with E-state index >= 15 is 0 Å². The van der Waals surface area contributed by atoms with Gasteiger partial charge in [0.25, 0.3) is 0 Å². The third kappa shape index (κ3) is 8.70. The monoisotopic (exact) mass is 338 g/mol. The van der Waals surface area contributed by atoms with Crippen molar-refractivity contribution in [2.24, 2.45) is 0 Å². The Labute approximate surface area is 130 Å². The summed E-state index contributed by atoms with van der Waals surface area (Å²) in [5, 5.41) is 0. The lowest BCUT2D eigenvalue weighted by molar-refractivity contribution is -0.148. The van der Waals surface area contributed by atoms with Gasteiger partial charge in [-0.25, -0.2) is 4.79 Å². The Morgan fingerprint density at radius 3 is 2.30 bits per heavy atom. The van der Waals surface area contributed by atoms with Crippen molar-refractivity contribution in [2.45, 2.75) is 40.2 Å². The van der Waals surface area contributed by atoms with Crippen molar-refractivity contribution < 1.29 is 9.53 Å². The number of ether oxygens (including phenoxy) is 1. The first-order chi connectivity index (χ1) is 9.19. The molecule has 0 saturated carbocycles. The summed E-state index contributed by atoms with van der Waals surface area (Å²) in [6.07, 6.45) is 3.27. The molecule has 1 aromatic rings. The first-order valence-electron chi connectivity index (χ1n) is 6.44. The van der Waals surface area contributed by atoms with Crippen LogP contribution in [-0.4, -0.2) is 11.6 Å². The summed E-state index contributed by atoms with van der Waals surface area (Å²) in [6, 6.07) is 8.31. The Morgan fingerprint density at radius 1 is 1.35 bits per heavy atom. The molecule has 1 rings (SSSR count). The Morgan fingerprint density at radius 2 is 1.95 bits per heavy atom. The molecule has 0 radical (unpaired) electrons. The summed E-state index contributed by atoms with van der Waals surface area (Å²) in [6.45, 7) is 12.9. The number of esters is 1. The average Bonchev–Trinajstić information content (AvgIpc) is 2.36. The molecule has 3 heteroatoms. The summed E-state index contributed by atoms with van der Waals surface area (Å²) >= 11 is 3.43. The van der Waals surface area contributed by atoms with Crippen LogP contribution in [0.1, 0.15) is 40.2 Å². The van der Waals surface area contributed by atoms with Crippen molar-refractivity contribution in [1.29, 1.82) is 0 Å². The molecule has 110 valence electrons. The Hall–Kier alpha value is -1.35. The number of carbonyl (C=O) groups is 1. The van der Waals surface area contributed by atoms with Crippen LogP contribution in [0, 0.1) is 0 Å². The summed E-state index contributed by atoms with van der Waals surface area (Å²) in [4.78, 5) is 10.5. The van der Waals surface area contributed by atoms with E-state index < -0.39 is 5.60 Å². The van der Waals surface area contributed by atoms with Gasteiger partial charge >= 0.3 is 5.97 Å². The van der Waals surface area contributed by atoms with Crippen molar-refractivity contribution >= 4 is 27.5 Å². The van der Waals surface area contributed by atoms with Crippen molar-refractivity contribution in [3.8, 4) is 0 Å². The quantitative estimate of drug-likeness (QED) is 0.534. The van der Waals surface area contributed by atoms with Crippen LogP contribution in [0.15, 0.2) is 47.5 Å². The van der Waals surface area contributed by atoms with E-state index in [0.717, 1.165) is 10.5 Å². The van der Waals surface area contributed by atoms with E-state index in [1.165, 1.54) is 11.1 Å². The van der Waals surface area contributed by atoms with E-state index in [1.54, 1.807) is 0 Å². The number of benzene rings is 1. The maximum absolute atomic E-state index is 10.5. The van der Waals surface area contributed by atoms with Crippen LogP contribution in [-0.2, 0) is 9.53 Å². The fourth-order valence-electron chi connectivity index (χ4n) is 1.24. The summed E-state index contributed by atoms with van der Waals surface area (Å²) in [5.41, 5.74) is 2.19. The molecule has 0 aliphatic carbocycles. The van der Waals surface area contributed by atoms with Crippen LogP contribution in [0.5, 0.6) is 0 Å². The predicted octanol–water partition coefficient (Wildman–Crippen LogP) is 5.39. The minimum Gasteiger partial charge on any atom is -0.457 e. The molecule has 2 nitrogen and oxygen atoms in total. The predicted molar refractivity (Wildman–Crippen MR) is 89.5 cm³/mol. The van der Waals surface area contributed by atoms with Crippen molar-refractivity contribution in [3.63, 3.8) is 0 Å². The molecule has 0 aliphatic rings.